The molecule has 1 heterocycles. The fraction of sp³-hybridized carbons (Fsp3) is 0.538. The number of hydrogen-bond donors (Lipinski definition) is 1. The smallest absolute Gasteiger partial charge is 0.161 e. The molecule has 4 nitrogen and oxygen atoms in total. The quantitative estimate of drug-likeness (QED) is 0.698. The summed E-state index contributed by atoms with van der Waals surface area (Å²) >= 11 is 0. The average molecular weight is 410 g/mol. The maximum Gasteiger partial charge on any atom is 0.161 e. The number of hydrogen-bond acceptors (Lipinski definition) is 4. The number of nitrogens with zero attached hydrogens (tertiary/aromatic N) is 1. The lowest BCUT2D eigenvalue weighted by atomic mass is 9.72. The summed E-state index contributed by atoms with van der Waals surface area (Å²) in [6, 6.07) is 16.9. The van der Waals surface area contributed by atoms with Gasteiger partial charge in [-0.05, 0) is 55.9 Å². The molecule has 30 heavy (non-hydrogen) atoms. The van der Waals surface area contributed by atoms with E-state index in [1.807, 2.05) is 13.0 Å². The van der Waals surface area contributed by atoms with Gasteiger partial charge in [-0.3, -0.25) is 4.90 Å². The van der Waals surface area contributed by atoms with Gasteiger partial charge in [-0.1, -0.05) is 43.3 Å². The highest BCUT2D eigenvalue weighted by atomic mass is 16.5. The normalized spacial score (nSPS) is 26.1. The summed E-state index contributed by atoms with van der Waals surface area (Å²) in [5.41, 5.74) is 2.32. The van der Waals surface area contributed by atoms with E-state index < -0.39 is 6.10 Å². The van der Waals surface area contributed by atoms with E-state index >= 15 is 0 Å². The van der Waals surface area contributed by atoms with Gasteiger partial charge < -0.3 is 14.6 Å². The van der Waals surface area contributed by atoms with E-state index in [-0.39, 0.29) is 17.4 Å². The summed E-state index contributed by atoms with van der Waals surface area (Å²) in [6.45, 7) is 6.84. The Balaban J connectivity index is 1.59. The second-order valence-corrected chi connectivity index (χ2v) is 9.32. The molecule has 162 valence electrons. The highest BCUT2D eigenvalue weighted by molar-refractivity contribution is 5.45. The summed E-state index contributed by atoms with van der Waals surface area (Å²) in [5.74, 6) is 1.87. The van der Waals surface area contributed by atoms with E-state index in [9.17, 15) is 5.11 Å². The minimum Gasteiger partial charge on any atom is -0.493 e. The van der Waals surface area contributed by atoms with Crippen molar-refractivity contribution in [2.24, 2.45) is 5.41 Å². The van der Waals surface area contributed by atoms with Crippen molar-refractivity contribution in [3.63, 3.8) is 0 Å². The van der Waals surface area contributed by atoms with E-state index in [2.05, 4.69) is 54.3 Å². The second-order valence-electron chi connectivity index (χ2n) is 9.32. The van der Waals surface area contributed by atoms with Gasteiger partial charge in [0.1, 0.15) is 0 Å². The van der Waals surface area contributed by atoms with Gasteiger partial charge in [0.15, 0.2) is 11.5 Å². The zero-order valence-corrected chi connectivity index (χ0v) is 18.5. The molecule has 2 aromatic carbocycles. The van der Waals surface area contributed by atoms with Gasteiger partial charge in [0, 0.05) is 31.0 Å². The minimum atomic E-state index is -0.399. The lowest BCUT2D eigenvalue weighted by molar-refractivity contribution is 0.0474. The monoisotopic (exact) mass is 409 g/mol. The molecule has 2 fully saturated rings. The number of methoxy groups -OCH3 is 1. The van der Waals surface area contributed by atoms with Gasteiger partial charge in [0.2, 0.25) is 0 Å². The summed E-state index contributed by atoms with van der Waals surface area (Å²) in [5, 5.41) is 10.7. The highest BCUT2D eigenvalue weighted by Gasteiger charge is 2.47. The molecular formula is C26H35NO3. The minimum absolute atomic E-state index is 0.214. The Hall–Kier alpha value is -2.04. The van der Waals surface area contributed by atoms with Crippen molar-refractivity contribution in [2.45, 2.75) is 64.2 Å². The molecule has 2 unspecified atom stereocenters. The zero-order valence-electron chi connectivity index (χ0n) is 18.5. The number of ether oxygens (including phenoxy) is 2. The lowest BCUT2D eigenvalue weighted by Gasteiger charge is -2.34. The zero-order chi connectivity index (χ0) is 21.1. The molecule has 0 amide bonds. The lowest BCUT2D eigenvalue weighted by Crippen LogP contribution is -2.37. The first-order chi connectivity index (χ1) is 14.5. The standard InChI is InChI=1S/C26H35NO3/c1-19(28)26(2)18-27(16-20-9-5-4-6-10-20)17-23(26)21-13-14-24(29-3)25(15-21)30-22-11-7-8-12-22/h4-6,9-10,13-15,19,22-23,28H,7-8,11-12,16-18H2,1-3H3/t19?,23?,26-/m0/s1. The van der Waals surface area contributed by atoms with E-state index in [4.69, 9.17) is 9.47 Å². The van der Waals surface area contributed by atoms with Gasteiger partial charge in [-0.2, -0.15) is 0 Å². The summed E-state index contributed by atoms with van der Waals surface area (Å²) in [6.07, 6.45) is 4.60. The third-order valence-electron chi connectivity index (χ3n) is 7.19. The fourth-order valence-electron chi connectivity index (χ4n) is 5.18. The second kappa shape index (κ2) is 8.99. The van der Waals surface area contributed by atoms with Crippen molar-refractivity contribution >= 4 is 0 Å². The van der Waals surface area contributed by atoms with E-state index in [1.165, 1.54) is 24.0 Å². The van der Waals surface area contributed by atoms with Crippen LogP contribution >= 0.6 is 0 Å². The van der Waals surface area contributed by atoms with E-state index in [0.29, 0.717) is 0 Å². The molecule has 0 bridgehead atoms. The first-order valence-electron chi connectivity index (χ1n) is 11.3. The predicted molar refractivity (Wildman–Crippen MR) is 120 cm³/mol. The van der Waals surface area contributed by atoms with Crippen molar-refractivity contribution in [3.05, 3.63) is 59.7 Å². The molecular weight excluding hydrogens is 374 g/mol. The van der Waals surface area contributed by atoms with Gasteiger partial charge in [0.25, 0.3) is 0 Å². The molecule has 1 saturated carbocycles. The topological polar surface area (TPSA) is 41.9 Å². The third-order valence-corrected chi connectivity index (χ3v) is 7.19. The predicted octanol–water partition coefficient (Wildman–Crippen LogP) is 5.00. The van der Waals surface area contributed by atoms with Crippen LogP contribution in [0.5, 0.6) is 11.5 Å². The van der Waals surface area contributed by atoms with Crippen LogP contribution in [0.15, 0.2) is 48.5 Å². The summed E-state index contributed by atoms with van der Waals surface area (Å²) in [4.78, 5) is 2.47. The van der Waals surface area contributed by atoms with Crippen LogP contribution in [0.3, 0.4) is 0 Å². The molecule has 1 saturated heterocycles. The molecule has 1 aliphatic carbocycles. The van der Waals surface area contributed by atoms with Crippen molar-refractivity contribution < 1.29 is 14.6 Å². The molecule has 1 aliphatic heterocycles. The number of aliphatic hydroxyl groups excluding tert-OH is 1. The maximum atomic E-state index is 10.7. The Labute approximate surface area is 180 Å². The molecule has 0 radical (unpaired) electrons. The first-order valence-corrected chi connectivity index (χ1v) is 11.3. The molecule has 4 rings (SSSR count). The summed E-state index contributed by atoms with van der Waals surface area (Å²) < 4.78 is 11.9. The van der Waals surface area contributed by atoms with Crippen molar-refractivity contribution in [2.75, 3.05) is 20.2 Å². The SMILES string of the molecule is COc1ccc(C2CN(Cc3ccccc3)C[C@@]2(C)C(C)O)cc1OC1CCCC1. The van der Waals surface area contributed by atoms with Crippen LogP contribution in [-0.2, 0) is 6.54 Å². The van der Waals surface area contributed by atoms with E-state index in [1.54, 1.807) is 7.11 Å². The maximum absolute atomic E-state index is 10.7. The Morgan fingerprint density at radius 1 is 1.10 bits per heavy atom. The Morgan fingerprint density at radius 3 is 2.50 bits per heavy atom. The largest absolute Gasteiger partial charge is 0.493 e. The van der Waals surface area contributed by atoms with Crippen molar-refractivity contribution in [1.29, 1.82) is 0 Å². The van der Waals surface area contributed by atoms with Crippen LogP contribution in [0.25, 0.3) is 0 Å². The van der Waals surface area contributed by atoms with Gasteiger partial charge in [-0.25, -0.2) is 0 Å². The average Bonchev–Trinajstić information content (AvgIpc) is 3.37. The third kappa shape index (κ3) is 4.35. The fourth-order valence-corrected chi connectivity index (χ4v) is 5.18. The van der Waals surface area contributed by atoms with Gasteiger partial charge in [0.05, 0.1) is 19.3 Å². The van der Waals surface area contributed by atoms with Gasteiger partial charge in [-0.15, -0.1) is 0 Å². The number of likely N-dealkylation sites (tertiary alicyclic amines) is 1. The summed E-state index contributed by atoms with van der Waals surface area (Å²) in [7, 11) is 1.70. The van der Waals surface area contributed by atoms with Crippen LogP contribution < -0.4 is 9.47 Å². The Morgan fingerprint density at radius 2 is 1.83 bits per heavy atom. The van der Waals surface area contributed by atoms with Crippen LogP contribution in [0.1, 0.15) is 56.6 Å². The molecule has 0 aromatic heterocycles. The molecule has 2 aliphatic rings. The number of benzene rings is 2. The van der Waals surface area contributed by atoms with Gasteiger partial charge >= 0.3 is 0 Å². The van der Waals surface area contributed by atoms with Crippen molar-refractivity contribution in [1.82, 2.24) is 4.90 Å². The molecule has 4 heteroatoms. The molecule has 0 spiro atoms. The highest BCUT2D eigenvalue weighted by Crippen LogP contribution is 2.47. The van der Waals surface area contributed by atoms with Crippen LogP contribution in [0.2, 0.25) is 0 Å². The van der Waals surface area contributed by atoms with Crippen LogP contribution in [0, 0.1) is 5.41 Å². The number of rotatable bonds is 7. The first kappa shape index (κ1) is 21.2. The van der Waals surface area contributed by atoms with Crippen LogP contribution in [0.4, 0.5) is 0 Å². The Bertz CT molecular complexity index is 831. The van der Waals surface area contributed by atoms with E-state index in [0.717, 1.165) is 44.0 Å². The molecule has 2 aromatic rings. The Kier molecular flexibility index (Phi) is 6.35. The molecule has 3 atom stereocenters. The molecule has 1 N–H and O–H groups in total. The number of aliphatic hydroxyl groups is 1. The van der Waals surface area contributed by atoms with Crippen LogP contribution in [-0.4, -0.2) is 42.4 Å². The van der Waals surface area contributed by atoms with Crippen molar-refractivity contribution in [3.8, 4) is 11.5 Å².